The van der Waals surface area contributed by atoms with Crippen LogP contribution in [0.25, 0.3) is 10.4 Å². The van der Waals surface area contributed by atoms with Crippen molar-refractivity contribution < 1.29 is 14.8 Å². The van der Waals surface area contributed by atoms with Crippen molar-refractivity contribution in [1.82, 2.24) is 19.7 Å². The SMILES string of the molecule is [N-]=[N+]=NCCn1ncc2c1[C@@H](/C=N/O)N1C[C@H]2N(OCc2ccccc2)C1=O. The first-order chi connectivity index (χ1) is 13.7. The zero-order valence-corrected chi connectivity index (χ0v) is 14.9. The molecule has 2 aliphatic rings. The third kappa shape index (κ3) is 3.02. The Labute approximate surface area is 160 Å². The van der Waals surface area contributed by atoms with E-state index in [4.69, 9.17) is 15.6 Å². The minimum absolute atomic E-state index is 0.223. The molecule has 2 amide bonds. The Bertz CT molecular complexity index is 937. The van der Waals surface area contributed by atoms with Gasteiger partial charge in [0.2, 0.25) is 0 Å². The van der Waals surface area contributed by atoms with Crippen LogP contribution in [0.3, 0.4) is 0 Å². The van der Waals surface area contributed by atoms with Crippen molar-refractivity contribution in [3.05, 3.63) is 63.8 Å². The predicted molar refractivity (Wildman–Crippen MR) is 97.2 cm³/mol. The van der Waals surface area contributed by atoms with E-state index in [0.717, 1.165) is 16.8 Å². The minimum Gasteiger partial charge on any atom is -0.411 e. The van der Waals surface area contributed by atoms with Gasteiger partial charge in [-0.2, -0.15) is 10.2 Å². The van der Waals surface area contributed by atoms with Crippen molar-refractivity contribution in [3.63, 3.8) is 0 Å². The number of benzene rings is 1. The van der Waals surface area contributed by atoms with Gasteiger partial charge in [-0.1, -0.05) is 40.6 Å². The molecule has 2 aromatic rings. The summed E-state index contributed by atoms with van der Waals surface area (Å²) in [5, 5.41) is 21.5. The molecular formula is C17H18N8O3. The number of nitrogens with zero attached hydrogens (tertiary/aromatic N) is 8. The van der Waals surface area contributed by atoms with Crippen molar-refractivity contribution in [2.45, 2.75) is 25.2 Å². The fourth-order valence-electron chi connectivity index (χ4n) is 3.63. The van der Waals surface area contributed by atoms with Crippen molar-refractivity contribution in [1.29, 1.82) is 0 Å². The summed E-state index contributed by atoms with van der Waals surface area (Å²) in [5.41, 5.74) is 11.0. The summed E-state index contributed by atoms with van der Waals surface area (Å²) in [4.78, 5) is 23.1. The van der Waals surface area contributed by atoms with Gasteiger partial charge in [-0.15, -0.1) is 0 Å². The lowest BCUT2D eigenvalue weighted by atomic mass is 9.98. The Morgan fingerprint density at radius 3 is 2.96 bits per heavy atom. The van der Waals surface area contributed by atoms with E-state index in [1.807, 2.05) is 30.3 Å². The molecule has 11 nitrogen and oxygen atoms in total. The molecule has 3 heterocycles. The van der Waals surface area contributed by atoms with Crippen LogP contribution < -0.4 is 0 Å². The van der Waals surface area contributed by atoms with Gasteiger partial charge < -0.3 is 10.1 Å². The van der Waals surface area contributed by atoms with E-state index in [2.05, 4.69) is 20.3 Å². The molecule has 1 saturated heterocycles. The van der Waals surface area contributed by atoms with Crippen LogP contribution in [0, 0.1) is 0 Å². The quantitative estimate of drug-likeness (QED) is 0.197. The number of amides is 2. The molecule has 1 aromatic heterocycles. The van der Waals surface area contributed by atoms with Crippen molar-refractivity contribution in [2.24, 2.45) is 10.3 Å². The van der Waals surface area contributed by atoms with E-state index in [0.29, 0.717) is 13.1 Å². The highest BCUT2D eigenvalue weighted by Gasteiger charge is 2.50. The first kappa shape index (κ1) is 17.8. The summed E-state index contributed by atoms with van der Waals surface area (Å²) in [6, 6.07) is 8.38. The summed E-state index contributed by atoms with van der Waals surface area (Å²) >= 11 is 0. The number of carbonyl (C=O) groups is 1. The molecule has 2 bridgehead atoms. The van der Waals surface area contributed by atoms with Gasteiger partial charge in [0.05, 0.1) is 24.7 Å². The van der Waals surface area contributed by atoms with Gasteiger partial charge in [0.25, 0.3) is 0 Å². The summed E-state index contributed by atoms with van der Waals surface area (Å²) in [6.07, 6.45) is 2.97. The Morgan fingerprint density at radius 2 is 2.21 bits per heavy atom. The number of urea groups is 1. The Kier molecular flexibility index (Phi) is 4.83. The molecule has 0 unspecified atom stereocenters. The lowest BCUT2D eigenvalue weighted by molar-refractivity contribution is -0.141. The number of hydrogen-bond acceptors (Lipinski definition) is 6. The molecule has 2 atom stereocenters. The van der Waals surface area contributed by atoms with Crippen molar-refractivity contribution in [2.75, 3.05) is 13.1 Å². The summed E-state index contributed by atoms with van der Waals surface area (Å²) < 4.78 is 1.67. The number of rotatable bonds is 7. The molecule has 144 valence electrons. The molecule has 28 heavy (non-hydrogen) atoms. The maximum Gasteiger partial charge on any atom is 0.345 e. The Hall–Kier alpha value is -3.56. The topological polar surface area (TPSA) is 132 Å². The predicted octanol–water partition coefficient (Wildman–Crippen LogP) is 2.62. The third-order valence-corrected chi connectivity index (χ3v) is 4.87. The average molecular weight is 382 g/mol. The van der Waals surface area contributed by atoms with Crippen LogP contribution in [0.5, 0.6) is 0 Å². The fraction of sp³-hybridized carbons (Fsp3) is 0.353. The van der Waals surface area contributed by atoms with Gasteiger partial charge in [-0.3, -0.25) is 9.52 Å². The summed E-state index contributed by atoms with van der Waals surface area (Å²) in [6.45, 7) is 1.24. The molecule has 1 N–H and O–H groups in total. The van der Waals surface area contributed by atoms with E-state index in [1.54, 1.807) is 15.8 Å². The standard InChI is InChI=1S/C17H18N8O3/c18-22-19-6-7-24-16-13(8-20-24)15-10-23(14(16)9-21-27)17(26)25(15)28-11-12-4-2-1-3-5-12/h1-5,8-9,14-15,27H,6-7,10-11H2/b21-9+/t14-,15-/m1/s1. The molecule has 0 aliphatic carbocycles. The van der Waals surface area contributed by atoms with Crippen LogP contribution in [0.2, 0.25) is 0 Å². The first-order valence-corrected chi connectivity index (χ1v) is 8.75. The van der Waals surface area contributed by atoms with E-state index >= 15 is 0 Å². The zero-order valence-electron chi connectivity index (χ0n) is 14.9. The Balaban J connectivity index is 1.63. The van der Waals surface area contributed by atoms with E-state index in [1.165, 1.54) is 11.3 Å². The summed E-state index contributed by atoms with van der Waals surface area (Å²) in [7, 11) is 0. The lowest BCUT2D eigenvalue weighted by Crippen LogP contribution is -2.36. The molecule has 1 fully saturated rings. The number of azide groups is 1. The monoisotopic (exact) mass is 382 g/mol. The number of fused-ring (bicyclic) bond motifs is 4. The molecule has 4 rings (SSSR count). The second-order valence-corrected chi connectivity index (χ2v) is 6.41. The molecule has 0 spiro atoms. The largest absolute Gasteiger partial charge is 0.411 e. The Morgan fingerprint density at radius 1 is 1.39 bits per heavy atom. The van der Waals surface area contributed by atoms with Gasteiger partial charge in [0.15, 0.2) is 0 Å². The van der Waals surface area contributed by atoms with Crippen LogP contribution in [-0.4, -0.2) is 50.3 Å². The maximum absolute atomic E-state index is 12.9. The highest BCUT2D eigenvalue weighted by atomic mass is 16.7. The van der Waals surface area contributed by atoms with Gasteiger partial charge in [0, 0.05) is 23.6 Å². The third-order valence-electron chi connectivity index (χ3n) is 4.87. The van der Waals surface area contributed by atoms with Gasteiger partial charge in [-0.05, 0) is 11.1 Å². The second kappa shape index (κ2) is 7.59. The van der Waals surface area contributed by atoms with E-state index in [9.17, 15) is 4.79 Å². The fourth-order valence-corrected chi connectivity index (χ4v) is 3.63. The molecule has 1 aromatic carbocycles. The molecule has 0 saturated carbocycles. The number of carbonyl (C=O) groups excluding carboxylic acids is 1. The number of oxime groups is 1. The minimum atomic E-state index is -0.581. The molecule has 11 heteroatoms. The van der Waals surface area contributed by atoms with E-state index in [-0.39, 0.29) is 25.2 Å². The highest BCUT2D eigenvalue weighted by molar-refractivity contribution is 5.83. The smallest absolute Gasteiger partial charge is 0.345 e. The van der Waals surface area contributed by atoms with Gasteiger partial charge >= 0.3 is 6.03 Å². The molecule has 0 radical (unpaired) electrons. The first-order valence-electron chi connectivity index (χ1n) is 8.75. The van der Waals surface area contributed by atoms with Crippen LogP contribution in [0.1, 0.15) is 28.9 Å². The highest BCUT2D eigenvalue weighted by Crippen LogP contribution is 2.43. The van der Waals surface area contributed by atoms with Gasteiger partial charge in [0.1, 0.15) is 18.7 Å². The van der Waals surface area contributed by atoms with Crippen LogP contribution in [-0.2, 0) is 18.0 Å². The van der Waals surface area contributed by atoms with Crippen LogP contribution in [0.15, 0.2) is 46.8 Å². The lowest BCUT2D eigenvalue weighted by Gasteiger charge is -2.28. The average Bonchev–Trinajstić information content (AvgIpc) is 3.26. The maximum atomic E-state index is 12.9. The summed E-state index contributed by atoms with van der Waals surface area (Å²) in [5.74, 6) is 0. The second-order valence-electron chi connectivity index (χ2n) is 6.41. The van der Waals surface area contributed by atoms with Crippen molar-refractivity contribution >= 4 is 12.2 Å². The van der Waals surface area contributed by atoms with E-state index < -0.39 is 6.04 Å². The number of aromatic nitrogens is 2. The normalized spacial score (nSPS) is 20.5. The number of hydrogen-bond donors (Lipinski definition) is 1. The molecular weight excluding hydrogens is 364 g/mol. The molecule has 2 aliphatic heterocycles. The number of hydroxylamine groups is 2. The van der Waals surface area contributed by atoms with Gasteiger partial charge in [-0.25, -0.2) is 4.79 Å². The van der Waals surface area contributed by atoms with Crippen LogP contribution in [0.4, 0.5) is 4.79 Å². The zero-order chi connectivity index (χ0) is 19.5. The van der Waals surface area contributed by atoms with Crippen molar-refractivity contribution in [3.8, 4) is 0 Å². The van der Waals surface area contributed by atoms with Crippen LogP contribution >= 0.6 is 0 Å².